The highest BCUT2D eigenvalue weighted by molar-refractivity contribution is 6.33. The molecule has 0 atom stereocenters. The molecular weight excluding hydrogens is 247 g/mol. The maximum Gasteiger partial charge on any atom is 0.174 e. The molecule has 4 nitrogen and oxygen atoms in total. The molecule has 1 saturated heterocycles. The van der Waals surface area contributed by atoms with Gasteiger partial charge in [0, 0.05) is 12.6 Å². The van der Waals surface area contributed by atoms with Crippen molar-refractivity contribution in [3.05, 3.63) is 16.4 Å². The second kappa shape index (κ2) is 5.66. The summed E-state index contributed by atoms with van der Waals surface area (Å²) in [6.07, 6.45) is 2.38. The minimum atomic E-state index is 0.359. The lowest BCUT2D eigenvalue weighted by atomic mass is 9.98. The van der Waals surface area contributed by atoms with E-state index >= 15 is 0 Å². The SMILES string of the molecule is Clc1cc(NCC2CCNCC2)c(Cl)nn1. The van der Waals surface area contributed by atoms with E-state index in [1.54, 1.807) is 6.07 Å². The Morgan fingerprint density at radius 3 is 2.81 bits per heavy atom. The summed E-state index contributed by atoms with van der Waals surface area (Å²) in [7, 11) is 0. The molecule has 0 amide bonds. The van der Waals surface area contributed by atoms with Gasteiger partial charge in [-0.05, 0) is 31.8 Å². The van der Waals surface area contributed by atoms with Crippen molar-refractivity contribution < 1.29 is 0 Å². The molecule has 0 bridgehead atoms. The Balaban J connectivity index is 1.90. The number of hydrogen-bond donors (Lipinski definition) is 2. The zero-order valence-electron chi connectivity index (χ0n) is 8.84. The van der Waals surface area contributed by atoms with Crippen molar-refractivity contribution in [2.75, 3.05) is 25.0 Å². The summed E-state index contributed by atoms with van der Waals surface area (Å²) in [6.45, 7) is 3.09. The number of nitrogens with zero attached hydrogens (tertiary/aromatic N) is 2. The Kier molecular flexibility index (Phi) is 4.21. The van der Waals surface area contributed by atoms with Gasteiger partial charge in [-0.1, -0.05) is 23.2 Å². The molecule has 2 N–H and O–H groups in total. The predicted octanol–water partition coefficient (Wildman–Crippen LogP) is 2.19. The fourth-order valence-corrected chi connectivity index (χ4v) is 2.12. The van der Waals surface area contributed by atoms with Crippen LogP contribution in [-0.2, 0) is 0 Å². The number of nitrogens with one attached hydrogen (secondary N) is 2. The molecule has 2 heterocycles. The molecule has 0 spiro atoms. The summed E-state index contributed by atoms with van der Waals surface area (Å²) in [6, 6.07) is 1.71. The smallest absolute Gasteiger partial charge is 0.174 e. The largest absolute Gasteiger partial charge is 0.382 e. The number of halogens is 2. The van der Waals surface area contributed by atoms with E-state index in [1.165, 1.54) is 12.8 Å². The van der Waals surface area contributed by atoms with Crippen LogP contribution in [0.15, 0.2) is 6.07 Å². The summed E-state index contributed by atoms with van der Waals surface area (Å²) in [5, 5.41) is 14.8. The molecule has 16 heavy (non-hydrogen) atoms. The summed E-state index contributed by atoms with van der Waals surface area (Å²) >= 11 is 11.7. The van der Waals surface area contributed by atoms with Gasteiger partial charge in [0.25, 0.3) is 0 Å². The number of rotatable bonds is 3. The summed E-state index contributed by atoms with van der Waals surface area (Å²) in [4.78, 5) is 0. The first kappa shape index (κ1) is 11.9. The van der Waals surface area contributed by atoms with Gasteiger partial charge in [0.05, 0.1) is 5.69 Å². The Hall–Kier alpha value is -0.580. The zero-order chi connectivity index (χ0) is 11.4. The van der Waals surface area contributed by atoms with Gasteiger partial charge in [-0.2, -0.15) is 0 Å². The fraction of sp³-hybridized carbons (Fsp3) is 0.600. The lowest BCUT2D eigenvalue weighted by Crippen LogP contribution is -2.31. The maximum absolute atomic E-state index is 5.91. The van der Waals surface area contributed by atoms with E-state index in [9.17, 15) is 0 Å². The average molecular weight is 261 g/mol. The lowest BCUT2D eigenvalue weighted by Gasteiger charge is -2.23. The molecule has 1 aromatic heterocycles. The summed E-state index contributed by atoms with van der Waals surface area (Å²) in [5.74, 6) is 0.684. The second-order valence-corrected chi connectivity index (χ2v) is 4.69. The molecule has 0 aliphatic carbocycles. The van der Waals surface area contributed by atoms with E-state index in [2.05, 4.69) is 20.8 Å². The van der Waals surface area contributed by atoms with E-state index in [1.807, 2.05) is 0 Å². The average Bonchev–Trinajstić information content (AvgIpc) is 2.32. The van der Waals surface area contributed by atoms with Gasteiger partial charge in [0.1, 0.15) is 0 Å². The molecule has 1 aromatic rings. The van der Waals surface area contributed by atoms with Gasteiger partial charge in [-0.15, -0.1) is 10.2 Å². The molecule has 0 unspecified atom stereocenters. The lowest BCUT2D eigenvalue weighted by molar-refractivity contribution is 0.390. The Morgan fingerprint density at radius 1 is 1.31 bits per heavy atom. The van der Waals surface area contributed by atoms with Crippen LogP contribution in [0.1, 0.15) is 12.8 Å². The standard InChI is InChI=1S/C10H14Cl2N4/c11-9-5-8(10(12)16-15-9)14-6-7-1-3-13-4-2-7/h5,7,13H,1-4,6H2,(H,14,15). The highest BCUT2D eigenvalue weighted by Gasteiger charge is 2.13. The van der Waals surface area contributed by atoms with Crippen LogP contribution in [0.4, 0.5) is 5.69 Å². The van der Waals surface area contributed by atoms with E-state index in [4.69, 9.17) is 23.2 Å². The van der Waals surface area contributed by atoms with Gasteiger partial charge in [0.15, 0.2) is 10.3 Å². The van der Waals surface area contributed by atoms with Crippen LogP contribution < -0.4 is 10.6 Å². The zero-order valence-corrected chi connectivity index (χ0v) is 10.4. The molecule has 2 rings (SSSR count). The first-order chi connectivity index (χ1) is 7.75. The molecule has 0 saturated carbocycles. The Morgan fingerprint density at radius 2 is 2.06 bits per heavy atom. The molecule has 1 aliphatic rings. The second-order valence-electron chi connectivity index (χ2n) is 3.95. The quantitative estimate of drug-likeness (QED) is 0.875. The monoisotopic (exact) mass is 260 g/mol. The maximum atomic E-state index is 5.91. The minimum Gasteiger partial charge on any atom is -0.382 e. The number of aromatic nitrogens is 2. The molecule has 1 fully saturated rings. The number of piperidine rings is 1. The van der Waals surface area contributed by atoms with Crippen molar-refractivity contribution in [3.63, 3.8) is 0 Å². The third-order valence-electron chi connectivity index (χ3n) is 2.76. The molecule has 1 aliphatic heterocycles. The fourth-order valence-electron chi connectivity index (χ4n) is 1.82. The van der Waals surface area contributed by atoms with Gasteiger partial charge in [-0.3, -0.25) is 0 Å². The number of hydrogen-bond acceptors (Lipinski definition) is 4. The molecule has 6 heteroatoms. The van der Waals surface area contributed by atoms with Gasteiger partial charge >= 0.3 is 0 Å². The van der Waals surface area contributed by atoms with Gasteiger partial charge < -0.3 is 10.6 Å². The van der Waals surface area contributed by atoms with Crippen LogP contribution in [0.2, 0.25) is 10.3 Å². The number of anilines is 1. The minimum absolute atomic E-state index is 0.359. The van der Waals surface area contributed by atoms with Crippen LogP contribution >= 0.6 is 23.2 Å². The predicted molar refractivity (Wildman–Crippen MR) is 66.1 cm³/mol. The van der Waals surface area contributed by atoms with Crippen molar-refractivity contribution >= 4 is 28.9 Å². The Bertz CT molecular complexity index is 353. The van der Waals surface area contributed by atoms with E-state index in [0.717, 1.165) is 25.3 Å². The first-order valence-corrected chi connectivity index (χ1v) is 6.14. The van der Waals surface area contributed by atoms with E-state index in [0.29, 0.717) is 16.2 Å². The normalized spacial score (nSPS) is 17.4. The molecule has 88 valence electrons. The van der Waals surface area contributed by atoms with Crippen molar-refractivity contribution in [1.29, 1.82) is 0 Å². The summed E-state index contributed by atoms with van der Waals surface area (Å²) < 4.78 is 0. The van der Waals surface area contributed by atoms with Crippen molar-refractivity contribution in [2.45, 2.75) is 12.8 Å². The van der Waals surface area contributed by atoms with E-state index in [-0.39, 0.29) is 0 Å². The van der Waals surface area contributed by atoms with Gasteiger partial charge in [-0.25, -0.2) is 0 Å². The van der Waals surface area contributed by atoms with Crippen molar-refractivity contribution in [2.24, 2.45) is 5.92 Å². The van der Waals surface area contributed by atoms with Gasteiger partial charge in [0.2, 0.25) is 0 Å². The third-order valence-corrected chi connectivity index (χ3v) is 3.22. The molecule has 0 radical (unpaired) electrons. The topological polar surface area (TPSA) is 49.8 Å². The van der Waals surface area contributed by atoms with Crippen molar-refractivity contribution in [3.8, 4) is 0 Å². The van der Waals surface area contributed by atoms with Crippen LogP contribution in [0.3, 0.4) is 0 Å². The van der Waals surface area contributed by atoms with Crippen LogP contribution in [0.5, 0.6) is 0 Å². The highest BCUT2D eigenvalue weighted by Crippen LogP contribution is 2.22. The Labute approximate surface area is 105 Å². The van der Waals surface area contributed by atoms with Crippen LogP contribution in [0.25, 0.3) is 0 Å². The van der Waals surface area contributed by atoms with E-state index < -0.39 is 0 Å². The van der Waals surface area contributed by atoms with Crippen molar-refractivity contribution in [1.82, 2.24) is 15.5 Å². The third kappa shape index (κ3) is 3.20. The highest BCUT2D eigenvalue weighted by atomic mass is 35.5. The summed E-state index contributed by atoms with van der Waals surface area (Å²) in [5.41, 5.74) is 0.764. The molecule has 0 aromatic carbocycles. The van der Waals surface area contributed by atoms with Crippen LogP contribution in [-0.4, -0.2) is 29.8 Å². The first-order valence-electron chi connectivity index (χ1n) is 5.39. The molecular formula is C10H14Cl2N4. The van der Waals surface area contributed by atoms with Crippen LogP contribution in [0, 0.1) is 5.92 Å².